The summed E-state index contributed by atoms with van der Waals surface area (Å²) < 4.78 is 5.23. The van der Waals surface area contributed by atoms with Crippen LogP contribution in [-0.4, -0.2) is 41.1 Å². The number of amides is 1. The van der Waals surface area contributed by atoms with Gasteiger partial charge in [0, 0.05) is 30.9 Å². The van der Waals surface area contributed by atoms with E-state index in [1.165, 1.54) is 0 Å². The maximum absolute atomic E-state index is 13.0. The average molecular weight is 432 g/mol. The highest BCUT2D eigenvalue weighted by Crippen LogP contribution is 2.30. The number of rotatable bonds is 8. The molecule has 2 N–H and O–H groups in total. The predicted molar refractivity (Wildman–Crippen MR) is 126 cm³/mol. The SMILES string of the molecule is COc1ccc2nccc(NC(=O)C3CCCC(CNC/C=C/c4ccccn4)C3)c2n1. The summed E-state index contributed by atoms with van der Waals surface area (Å²) in [6.07, 6.45) is 11.6. The van der Waals surface area contributed by atoms with E-state index in [-0.39, 0.29) is 11.8 Å². The zero-order valence-electron chi connectivity index (χ0n) is 18.3. The molecule has 3 heterocycles. The number of hydrogen-bond acceptors (Lipinski definition) is 6. The van der Waals surface area contributed by atoms with E-state index in [9.17, 15) is 4.79 Å². The predicted octanol–water partition coefficient (Wildman–Crippen LogP) is 4.08. The maximum atomic E-state index is 13.0. The van der Waals surface area contributed by atoms with Crippen LogP contribution in [0.3, 0.4) is 0 Å². The topological polar surface area (TPSA) is 89.0 Å². The van der Waals surface area contributed by atoms with Gasteiger partial charge in [-0.15, -0.1) is 0 Å². The number of fused-ring (bicyclic) bond motifs is 1. The van der Waals surface area contributed by atoms with Gasteiger partial charge in [0.2, 0.25) is 11.8 Å². The Bertz CT molecular complexity index is 1070. The third-order valence-electron chi connectivity index (χ3n) is 5.85. The summed E-state index contributed by atoms with van der Waals surface area (Å²) >= 11 is 0. The molecular weight excluding hydrogens is 402 g/mol. The van der Waals surface area contributed by atoms with Crippen molar-refractivity contribution in [3.8, 4) is 5.88 Å². The van der Waals surface area contributed by atoms with Crippen LogP contribution in [0.1, 0.15) is 31.4 Å². The highest BCUT2D eigenvalue weighted by molar-refractivity contribution is 6.00. The van der Waals surface area contributed by atoms with Crippen LogP contribution in [0.4, 0.5) is 5.69 Å². The number of carbonyl (C=O) groups is 1. The lowest BCUT2D eigenvalue weighted by Crippen LogP contribution is -2.32. The Labute approximate surface area is 188 Å². The molecule has 0 bridgehead atoms. The molecule has 4 rings (SSSR count). The van der Waals surface area contributed by atoms with Crippen molar-refractivity contribution in [2.75, 3.05) is 25.5 Å². The summed E-state index contributed by atoms with van der Waals surface area (Å²) in [7, 11) is 1.58. The lowest BCUT2D eigenvalue weighted by Gasteiger charge is -2.28. The number of ether oxygens (including phenoxy) is 1. The van der Waals surface area contributed by atoms with Gasteiger partial charge >= 0.3 is 0 Å². The summed E-state index contributed by atoms with van der Waals surface area (Å²) in [4.78, 5) is 26.1. The first-order chi connectivity index (χ1) is 15.7. The molecule has 0 aromatic carbocycles. The molecular formula is C25H29N5O2. The van der Waals surface area contributed by atoms with Gasteiger partial charge in [0.25, 0.3) is 0 Å². The van der Waals surface area contributed by atoms with Crippen molar-refractivity contribution < 1.29 is 9.53 Å². The minimum atomic E-state index is 0.00781. The van der Waals surface area contributed by atoms with E-state index in [2.05, 4.69) is 31.7 Å². The molecule has 32 heavy (non-hydrogen) atoms. The number of methoxy groups -OCH3 is 1. The second-order valence-electron chi connectivity index (χ2n) is 8.11. The van der Waals surface area contributed by atoms with Crippen LogP contribution >= 0.6 is 0 Å². The van der Waals surface area contributed by atoms with Crippen LogP contribution in [0.25, 0.3) is 17.1 Å². The Morgan fingerprint density at radius 3 is 2.94 bits per heavy atom. The van der Waals surface area contributed by atoms with E-state index in [0.717, 1.165) is 50.0 Å². The van der Waals surface area contributed by atoms with Gasteiger partial charge in [-0.3, -0.25) is 14.8 Å². The molecule has 3 aromatic rings. The van der Waals surface area contributed by atoms with E-state index in [1.54, 1.807) is 31.6 Å². The lowest BCUT2D eigenvalue weighted by molar-refractivity contribution is -0.121. The van der Waals surface area contributed by atoms with E-state index < -0.39 is 0 Å². The number of hydrogen-bond donors (Lipinski definition) is 2. The van der Waals surface area contributed by atoms with Gasteiger partial charge in [0.1, 0.15) is 5.52 Å². The molecule has 3 aromatic heterocycles. The van der Waals surface area contributed by atoms with Gasteiger partial charge in [-0.1, -0.05) is 18.6 Å². The number of nitrogens with zero attached hydrogens (tertiary/aromatic N) is 3. The van der Waals surface area contributed by atoms with Crippen LogP contribution in [0, 0.1) is 11.8 Å². The zero-order chi connectivity index (χ0) is 22.2. The van der Waals surface area contributed by atoms with Crippen LogP contribution < -0.4 is 15.4 Å². The monoisotopic (exact) mass is 431 g/mol. The van der Waals surface area contributed by atoms with E-state index in [0.29, 0.717) is 23.0 Å². The standard InChI is InChI=1S/C25H29N5O2/c1-32-23-11-10-21-24(30-23)22(12-15-28-21)29-25(31)19-7-4-6-18(16-19)17-26-13-5-9-20-8-2-3-14-27-20/h2-3,5,8-12,14-15,18-19,26H,4,6-7,13,16-17H2,1H3,(H,28,29,31)/b9-5+. The van der Waals surface area contributed by atoms with Gasteiger partial charge in [-0.2, -0.15) is 0 Å². The lowest BCUT2D eigenvalue weighted by atomic mass is 9.81. The molecule has 7 heteroatoms. The molecule has 1 aliphatic carbocycles. The smallest absolute Gasteiger partial charge is 0.227 e. The summed E-state index contributed by atoms with van der Waals surface area (Å²) in [5.74, 6) is 1.06. The third kappa shape index (κ3) is 5.68. The van der Waals surface area contributed by atoms with Crippen LogP contribution in [0.2, 0.25) is 0 Å². The number of aromatic nitrogens is 3. The van der Waals surface area contributed by atoms with Crippen molar-refractivity contribution in [3.63, 3.8) is 0 Å². The second kappa shape index (κ2) is 10.8. The largest absolute Gasteiger partial charge is 0.481 e. The molecule has 0 radical (unpaired) electrons. The molecule has 2 unspecified atom stereocenters. The molecule has 7 nitrogen and oxygen atoms in total. The summed E-state index contributed by atoms with van der Waals surface area (Å²) in [6, 6.07) is 11.3. The first-order valence-electron chi connectivity index (χ1n) is 11.1. The van der Waals surface area contributed by atoms with Crippen LogP contribution in [-0.2, 0) is 4.79 Å². The molecule has 1 saturated carbocycles. The Hall–Kier alpha value is -3.32. The average Bonchev–Trinajstić information content (AvgIpc) is 2.84. The summed E-state index contributed by atoms with van der Waals surface area (Å²) in [6.45, 7) is 1.70. The molecule has 0 spiro atoms. The fourth-order valence-corrected chi connectivity index (χ4v) is 4.20. The molecule has 2 atom stereocenters. The van der Waals surface area contributed by atoms with E-state index in [1.807, 2.05) is 30.3 Å². The maximum Gasteiger partial charge on any atom is 0.227 e. The fourth-order valence-electron chi connectivity index (χ4n) is 4.20. The molecule has 0 saturated heterocycles. The molecule has 0 aliphatic heterocycles. The number of carbonyl (C=O) groups excluding carboxylic acids is 1. The number of pyridine rings is 3. The van der Waals surface area contributed by atoms with E-state index in [4.69, 9.17) is 4.74 Å². The first-order valence-corrected chi connectivity index (χ1v) is 11.1. The van der Waals surface area contributed by atoms with Gasteiger partial charge in [-0.05, 0) is 62.1 Å². The summed E-state index contributed by atoms with van der Waals surface area (Å²) in [5.41, 5.74) is 3.01. The Kier molecular flexibility index (Phi) is 7.40. The third-order valence-corrected chi connectivity index (χ3v) is 5.85. The first kappa shape index (κ1) is 21.9. The molecule has 1 aliphatic rings. The van der Waals surface area contributed by atoms with Gasteiger partial charge in [0.05, 0.1) is 24.0 Å². The Morgan fingerprint density at radius 2 is 2.09 bits per heavy atom. The van der Waals surface area contributed by atoms with Crippen molar-refractivity contribution >= 4 is 28.7 Å². The van der Waals surface area contributed by atoms with Crippen molar-refractivity contribution in [1.29, 1.82) is 0 Å². The number of anilines is 1. The second-order valence-corrected chi connectivity index (χ2v) is 8.11. The van der Waals surface area contributed by atoms with Crippen molar-refractivity contribution in [1.82, 2.24) is 20.3 Å². The fraction of sp³-hybridized carbons (Fsp3) is 0.360. The normalized spacial score (nSPS) is 18.7. The Balaban J connectivity index is 1.30. The van der Waals surface area contributed by atoms with Gasteiger partial charge in [0.15, 0.2) is 0 Å². The minimum absolute atomic E-state index is 0.00781. The summed E-state index contributed by atoms with van der Waals surface area (Å²) in [5, 5.41) is 6.58. The molecule has 1 amide bonds. The van der Waals surface area contributed by atoms with Crippen molar-refractivity contribution in [2.24, 2.45) is 11.8 Å². The highest BCUT2D eigenvalue weighted by atomic mass is 16.5. The minimum Gasteiger partial charge on any atom is -0.481 e. The Morgan fingerprint density at radius 1 is 1.16 bits per heavy atom. The van der Waals surface area contributed by atoms with Crippen molar-refractivity contribution in [2.45, 2.75) is 25.7 Å². The molecule has 1 fully saturated rings. The van der Waals surface area contributed by atoms with Crippen molar-refractivity contribution in [3.05, 3.63) is 60.6 Å². The zero-order valence-corrected chi connectivity index (χ0v) is 18.3. The molecule has 166 valence electrons. The van der Waals surface area contributed by atoms with Gasteiger partial charge in [-0.25, -0.2) is 4.98 Å². The van der Waals surface area contributed by atoms with E-state index >= 15 is 0 Å². The van der Waals surface area contributed by atoms with Crippen LogP contribution in [0.5, 0.6) is 5.88 Å². The quantitative estimate of drug-likeness (QED) is 0.523. The van der Waals surface area contributed by atoms with Crippen LogP contribution in [0.15, 0.2) is 54.9 Å². The number of nitrogens with one attached hydrogen (secondary N) is 2. The van der Waals surface area contributed by atoms with Gasteiger partial charge < -0.3 is 15.4 Å². The highest BCUT2D eigenvalue weighted by Gasteiger charge is 2.27.